The highest BCUT2D eigenvalue weighted by molar-refractivity contribution is 7.92. The van der Waals surface area contributed by atoms with Crippen molar-refractivity contribution in [3.05, 3.63) is 78.4 Å². The van der Waals surface area contributed by atoms with Crippen LogP contribution in [0.25, 0.3) is 6.08 Å². The molecule has 2 N–H and O–H groups in total. The van der Waals surface area contributed by atoms with Crippen molar-refractivity contribution in [3.8, 4) is 17.2 Å². The summed E-state index contributed by atoms with van der Waals surface area (Å²) in [7, 11) is -1.06. The number of nitrogens with one attached hydrogen (secondary N) is 2. The molecule has 3 rings (SSSR count). The highest BCUT2D eigenvalue weighted by Crippen LogP contribution is 2.29. The van der Waals surface area contributed by atoms with Crippen LogP contribution in [-0.4, -0.2) is 35.2 Å². The van der Waals surface area contributed by atoms with Crippen LogP contribution in [0.2, 0.25) is 0 Å². The number of anilines is 2. The molecule has 0 aromatic heterocycles. The van der Waals surface area contributed by atoms with Gasteiger partial charge < -0.3 is 19.5 Å². The first-order valence-electron chi connectivity index (χ1n) is 10.4. The SMILES string of the molecule is CCOc1ccc(NS(=O)(=O)c2cc(NC(=O)/C=C/c3cccc(OC)c3)ccc2OC)cc1. The lowest BCUT2D eigenvalue weighted by Gasteiger charge is -2.14. The van der Waals surface area contributed by atoms with Gasteiger partial charge in [0, 0.05) is 17.5 Å². The summed E-state index contributed by atoms with van der Waals surface area (Å²) in [6.45, 7) is 2.37. The molecule has 0 saturated heterocycles. The largest absolute Gasteiger partial charge is 0.497 e. The van der Waals surface area contributed by atoms with Crippen LogP contribution in [0.5, 0.6) is 17.2 Å². The topological polar surface area (TPSA) is 103 Å². The fourth-order valence-electron chi connectivity index (χ4n) is 3.06. The lowest BCUT2D eigenvalue weighted by Crippen LogP contribution is -2.15. The molecule has 178 valence electrons. The minimum absolute atomic E-state index is 0.113. The Morgan fingerprint density at radius 2 is 1.65 bits per heavy atom. The molecule has 34 heavy (non-hydrogen) atoms. The molecule has 1 amide bonds. The molecule has 8 nitrogen and oxygen atoms in total. The van der Waals surface area contributed by atoms with E-state index in [2.05, 4.69) is 10.0 Å². The van der Waals surface area contributed by atoms with Crippen molar-refractivity contribution in [2.24, 2.45) is 0 Å². The maximum atomic E-state index is 13.0. The van der Waals surface area contributed by atoms with Crippen LogP contribution in [0.15, 0.2) is 77.7 Å². The van der Waals surface area contributed by atoms with Crippen LogP contribution >= 0.6 is 0 Å². The summed E-state index contributed by atoms with van der Waals surface area (Å²) in [4.78, 5) is 12.3. The number of carbonyl (C=O) groups excluding carboxylic acids is 1. The Morgan fingerprint density at radius 1 is 0.912 bits per heavy atom. The van der Waals surface area contributed by atoms with Gasteiger partial charge in [0.1, 0.15) is 22.1 Å². The second-order valence-electron chi connectivity index (χ2n) is 7.03. The third-order valence-electron chi connectivity index (χ3n) is 4.66. The van der Waals surface area contributed by atoms with Gasteiger partial charge in [-0.1, -0.05) is 12.1 Å². The van der Waals surface area contributed by atoms with Crippen LogP contribution < -0.4 is 24.2 Å². The van der Waals surface area contributed by atoms with E-state index in [-0.39, 0.29) is 10.6 Å². The minimum Gasteiger partial charge on any atom is -0.497 e. The van der Waals surface area contributed by atoms with Crippen molar-refractivity contribution >= 4 is 33.4 Å². The zero-order chi connectivity index (χ0) is 24.6. The Morgan fingerprint density at radius 3 is 2.32 bits per heavy atom. The van der Waals surface area contributed by atoms with Crippen molar-refractivity contribution in [1.29, 1.82) is 0 Å². The molecule has 0 fully saturated rings. The van der Waals surface area contributed by atoms with E-state index in [1.54, 1.807) is 55.7 Å². The number of ether oxygens (including phenoxy) is 3. The van der Waals surface area contributed by atoms with Crippen LogP contribution in [0.3, 0.4) is 0 Å². The highest BCUT2D eigenvalue weighted by Gasteiger charge is 2.21. The predicted molar refractivity (Wildman–Crippen MR) is 132 cm³/mol. The van der Waals surface area contributed by atoms with E-state index in [1.807, 2.05) is 19.1 Å². The third-order valence-corrected chi connectivity index (χ3v) is 6.06. The molecule has 0 atom stereocenters. The second kappa shape index (κ2) is 11.2. The minimum atomic E-state index is -4.00. The molecule has 0 bridgehead atoms. The molecule has 9 heteroatoms. The highest BCUT2D eigenvalue weighted by atomic mass is 32.2. The third kappa shape index (κ3) is 6.52. The molecule has 0 saturated carbocycles. The smallest absolute Gasteiger partial charge is 0.265 e. The van der Waals surface area contributed by atoms with Gasteiger partial charge in [0.2, 0.25) is 5.91 Å². The maximum absolute atomic E-state index is 13.0. The van der Waals surface area contributed by atoms with Crippen molar-refractivity contribution in [1.82, 2.24) is 0 Å². The number of sulfonamides is 1. The number of carbonyl (C=O) groups is 1. The summed E-state index contributed by atoms with van der Waals surface area (Å²) in [5.41, 5.74) is 1.45. The van der Waals surface area contributed by atoms with Crippen molar-refractivity contribution in [2.75, 3.05) is 30.9 Å². The Kier molecular flexibility index (Phi) is 8.15. The molecule has 0 heterocycles. The van der Waals surface area contributed by atoms with Crippen molar-refractivity contribution < 1.29 is 27.4 Å². The molecule has 0 aliphatic rings. The van der Waals surface area contributed by atoms with E-state index in [1.165, 1.54) is 25.3 Å². The standard InChI is InChI=1S/C25H26N2O6S/c1-4-33-21-12-9-19(10-13-21)27-34(29,30)24-17-20(11-14-23(24)32-3)26-25(28)15-8-18-6-5-7-22(16-18)31-2/h5-17,27H,4H2,1-3H3,(H,26,28)/b15-8+. The van der Waals surface area contributed by atoms with E-state index < -0.39 is 15.9 Å². The molecule has 0 aliphatic carbocycles. The quantitative estimate of drug-likeness (QED) is 0.411. The summed E-state index contributed by atoms with van der Waals surface area (Å²) in [5, 5.41) is 2.67. The van der Waals surface area contributed by atoms with E-state index in [9.17, 15) is 13.2 Å². The normalized spacial score (nSPS) is 11.1. The number of rotatable bonds is 10. The molecule has 3 aromatic carbocycles. The Balaban J connectivity index is 1.77. The zero-order valence-corrected chi connectivity index (χ0v) is 19.9. The van der Waals surface area contributed by atoms with Gasteiger partial charge >= 0.3 is 0 Å². The van der Waals surface area contributed by atoms with Crippen molar-refractivity contribution in [2.45, 2.75) is 11.8 Å². The number of hydrogen-bond donors (Lipinski definition) is 2. The first kappa shape index (κ1) is 24.7. The Bertz CT molecular complexity index is 1270. The van der Waals surface area contributed by atoms with Crippen LogP contribution in [0, 0.1) is 0 Å². The molecular weight excluding hydrogens is 456 g/mol. The van der Waals surface area contributed by atoms with Gasteiger partial charge in [0.05, 0.1) is 20.8 Å². The second-order valence-corrected chi connectivity index (χ2v) is 8.68. The number of benzene rings is 3. The van der Waals surface area contributed by atoms with Gasteiger partial charge in [-0.3, -0.25) is 9.52 Å². The Hall–Kier alpha value is -3.98. The number of methoxy groups -OCH3 is 2. The van der Waals surface area contributed by atoms with E-state index >= 15 is 0 Å². The number of amides is 1. The monoisotopic (exact) mass is 482 g/mol. The van der Waals surface area contributed by atoms with Gasteiger partial charge in [-0.15, -0.1) is 0 Å². The van der Waals surface area contributed by atoms with E-state index in [0.717, 1.165) is 5.56 Å². The fraction of sp³-hybridized carbons (Fsp3) is 0.160. The average Bonchev–Trinajstić information content (AvgIpc) is 2.84. The molecule has 0 spiro atoms. The summed E-state index contributed by atoms with van der Waals surface area (Å²) in [5.74, 6) is 1.03. The fourth-order valence-corrected chi connectivity index (χ4v) is 4.32. The lowest BCUT2D eigenvalue weighted by molar-refractivity contribution is -0.111. The first-order valence-corrected chi connectivity index (χ1v) is 11.9. The molecule has 0 aliphatic heterocycles. The summed E-state index contributed by atoms with van der Waals surface area (Å²) >= 11 is 0. The summed E-state index contributed by atoms with van der Waals surface area (Å²) in [6.07, 6.45) is 2.98. The van der Waals surface area contributed by atoms with Crippen molar-refractivity contribution in [3.63, 3.8) is 0 Å². The maximum Gasteiger partial charge on any atom is 0.265 e. The van der Waals surface area contributed by atoms with Gasteiger partial charge in [0.15, 0.2) is 0 Å². The summed E-state index contributed by atoms with van der Waals surface area (Å²) < 4.78 is 44.4. The lowest BCUT2D eigenvalue weighted by atomic mass is 10.2. The van der Waals surface area contributed by atoms with Gasteiger partial charge in [-0.25, -0.2) is 8.42 Å². The summed E-state index contributed by atoms with van der Waals surface area (Å²) in [6, 6.07) is 18.2. The molecule has 0 radical (unpaired) electrons. The molecular formula is C25H26N2O6S. The molecule has 3 aromatic rings. The Labute approximate surface area is 199 Å². The zero-order valence-electron chi connectivity index (χ0n) is 19.1. The number of hydrogen-bond acceptors (Lipinski definition) is 6. The van der Waals surface area contributed by atoms with Gasteiger partial charge in [-0.2, -0.15) is 0 Å². The van der Waals surface area contributed by atoms with Gasteiger partial charge in [0.25, 0.3) is 10.0 Å². The van der Waals surface area contributed by atoms with E-state index in [0.29, 0.717) is 29.5 Å². The van der Waals surface area contributed by atoms with Gasteiger partial charge in [-0.05, 0) is 73.2 Å². The van der Waals surface area contributed by atoms with Crippen LogP contribution in [-0.2, 0) is 14.8 Å². The molecule has 0 unspecified atom stereocenters. The predicted octanol–water partition coefficient (Wildman–Crippen LogP) is 4.56. The van der Waals surface area contributed by atoms with Crippen LogP contribution in [0.4, 0.5) is 11.4 Å². The van der Waals surface area contributed by atoms with E-state index in [4.69, 9.17) is 14.2 Å². The first-order chi connectivity index (χ1) is 16.3. The van der Waals surface area contributed by atoms with Crippen LogP contribution in [0.1, 0.15) is 12.5 Å². The average molecular weight is 483 g/mol.